The van der Waals surface area contributed by atoms with Crippen molar-refractivity contribution in [2.45, 2.75) is 39.2 Å². The number of nitrogens with one attached hydrogen (secondary N) is 2. The molecular weight excluding hydrogens is 364 g/mol. The van der Waals surface area contributed by atoms with Crippen molar-refractivity contribution in [3.63, 3.8) is 0 Å². The molecule has 1 aromatic heterocycles. The highest BCUT2D eigenvalue weighted by Crippen LogP contribution is 2.22. The van der Waals surface area contributed by atoms with E-state index in [1.807, 2.05) is 13.0 Å². The maximum absolute atomic E-state index is 12.2. The number of thiophene rings is 1. The molecule has 0 saturated carbocycles. The number of hydrazine groups is 1. The molecule has 1 aromatic carbocycles. The molecule has 1 atom stereocenters. The molecule has 1 aliphatic heterocycles. The minimum Gasteiger partial charge on any atom is -0.491 e. The van der Waals surface area contributed by atoms with E-state index in [1.54, 1.807) is 24.3 Å². The molecule has 2 aromatic rings. The second-order valence-electron chi connectivity index (χ2n) is 6.45. The Kier molecular flexibility index (Phi) is 6.47. The highest BCUT2D eigenvalue weighted by Gasteiger charge is 2.16. The fourth-order valence-corrected chi connectivity index (χ4v) is 3.91. The Morgan fingerprint density at radius 3 is 2.59 bits per heavy atom. The van der Waals surface area contributed by atoms with E-state index >= 15 is 0 Å². The number of hydrogen-bond acceptors (Lipinski definition) is 5. The first-order valence-corrected chi connectivity index (χ1v) is 9.93. The quantitative estimate of drug-likeness (QED) is 0.745. The topological polar surface area (TPSA) is 76.7 Å². The minimum atomic E-state index is -0.377. The van der Waals surface area contributed by atoms with Crippen molar-refractivity contribution in [2.24, 2.45) is 0 Å². The Labute approximate surface area is 162 Å². The summed E-state index contributed by atoms with van der Waals surface area (Å²) in [5, 5.41) is 0. The predicted octanol–water partition coefficient (Wildman–Crippen LogP) is 3.25. The van der Waals surface area contributed by atoms with Crippen LogP contribution in [0.25, 0.3) is 0 Å². The third-order valence-electron chi connectivity index (χ3n) is 4.43. The van der Waals surface area contributed by atoms with Gasteiger partial charge in [-0.15, -0.1) is 11.3 Å². The van der Waals surface area contributed by atoms with Gasteiger partial charge in [0.2, 0.25) is 0 Å². The normalized spacial score (nSPS) is 16.1. The van der Waals surface area contributed by atoms with E-state index in [9.17, 15) is 9.59 Å². The van der Waals surface area contributed by atoms with Crippen LogP contribution in [0.2, 0.25) is 0 Å². The van der Waals surface area contributed by atoms with Crippen LogP contribution >= 0.6 is 11.3 Å². The number of carbonyl (C=O) groups is 2. The van der Waals surface area contributed by atoms with Gasteiger partial charge < -0.3 is 9.47 Å². The first-order valence-electron chi connectivity index (χ1n) is 9.11. The Morgan fingerprint density at radius 2 is 1.96 bits per heavy atom. The van der Waals surface area contributed by atoms with Gasteiger partial charge in [-0.05, 0) is 62.1 Å². The van der Waals surface area contributed by atoms with Gasteiger partial charge in [0.05, 0.1) is 11.0 Å². The zero-order valence-electron chi connectivity index (χ0n) is 15.5. The average molecular weight is 388 g/mol. The van der Waals surface area contributed by atoms with Crippen LogP contribution in [0.1, 0.15) is 50.2 Å². The van der Waals surface area contributed by atoms with Crippen LogP contribution < -0.4 is 15.6 Å². The first-order chi connectivity index (χ1) is 13.1. The lowest BCUT2D eigenvalue weighted by molar-refractivity contribution is 0.0679. The zero-order chi connectivity index (χ0) is 19.2. The molecule has 0 bridgehead atoms. The molecule has 2 heterocycles. The number of amides is 2. The summed E-state index contributed by atoms with van der Waals surface area (Å²) in [5.74, 6) is -0.00192. The first kappa shape index (κ1) is 19.4. The van der Waals surface area contributed by atoms with Gasteiger partial charge in [-0.1, -0.05) is 6.92 Å². The van der Waals surface area contributed by atoms with Crippen LogP contribution in [-0.2, 0) is 11.2 Å². The van der Waals surface area contributed by atoms with Crippen LogP contribution in [-0.4, -0.2) is 31.1 Å². The highest BCUT2D eigenvalue weighted by atomic mass is 32.1. The summed E-state index contributed by atoms with van der Waals surface area (Å²) < 4.78 is 11.2. The van der Waals surface area contributed by atoms with Crippen LogP contribution in [0.3, 0.4) is 0 Å². The Hall–Kier alpha value is -2.38. The molecule has 27 heavy (non-hydrogen) atoms. The van der Waals surface area contributed by atoms with Crippen LogP contribution in [0.4, 0.5) is 0 Å². The number of ether oxygens (including phenoxy) is 2. The van der Waals surface area contributed by atoms with Crippen molar-refractivity contribution in [3.8, 4) is 5.75 Å². The summed E-state index contributed by atoms with van der Waals surface area (Å²) in [5.41, 5.74) is 6.45. The zero-order valence-corrected chi connectivity index (χ0v) is 16.4. The van der Waals surface area contributed by atoms with Crippen molar-refractivity contribution in [3.05, 3.63) is 51.2 Å². The third-order valence-corrected chi connectivity index (χ3v) is 5.81. The molecule has 2 N–H and O–H groups in total. The minimum absolute atomic E-state index is 0.150. The Morgan fingerprint density at radius 1 is 1.22 bits per heavy atom. The molecule has 1 saturated heterocycles. The molecule has 0 spiro atoms. The number of carbonyl (C=O) groups excluding carboxylic acids is 2. The molecule has 3 rings (SSSR count). The van der Waals surface area contributed by atoms with E-state index in [2.05, 4.69) is 17.8 Å². The van der Waals surface area contributed by atoms with Gasteiger partial charge in [0.25, 0.3) is 11.8 Å². The maximum atomic E-state index is 12.2. The lowest BCUT2D eigenvalue weighted by Crippen LogP contribution is -2.41. The summed E-state index contributed by atoms with van der Waals surface area (Å²) in [4.78, 5) is 26.1. The second kappa shape index (κ2) is 9.01. The fraction of sp³-hybridized carbons (Fsp3) is 0.400. The summed E-state index contributed by atoms with van der Waals surface area (Å²) in [6, 6.07) is 8.64. The van der Waals surface area contributed by atoms with E-state index < -0.39 is 0 Å². The van der Waals surface area contributed by atoms with Gasteiger partial charge in [-0.2, -0.15) is 0 Å². The monoisotopic (exact) mass is 388 g/mol. The molecule has 1 aliphatic rings. The largest absolute Gasteiger partial charge is 0.491 e. The molecule has 6 nitrogen and oxygen atoms in total. The van der Waals surface area contributed by atoms with E-state index in [-0.39, 0.29) is 17.9 Å². The highest BCUT2D eigenvalue weighted by molar-refractivity contribution is 7.14. The summed E-state index contributed by atoms with van der Waals surface area (Å²) in [6.45, 7) is 5.34. The molecule has 1 fully saturated rings. The van der Waals surface area contributed by atoms with Crippen molar-refractivity contribution < 1.29 is 19.1 Å². The van der Waals surface area contributed by atoms with Crippen LogP contribution in [0.5, 0.6) is 5.75 Å². The smallest absolute Gasteiger partial charge is 0.279 e. The van der Waals surface area contributed by atoms with Gasteiger partial charge in [-0.25, -0.2) is 0 Å². The SMILES string of the molecule is CCc1sc(C(=O)NNC(=O)c2ccc(OCC3CCCO3)cc2)cc1C. The van der Waals surface area contributed by atoms with Gasteiger partial charge in [-0.3, -0.25) is 20.4 Å². The lowest BCUT2D eigenvalue weighted by atomic mass is 10.2. The van der Waals surface area contributed by atoms with E-state index in [0.29, 0.717) is 22.8 Å². The molecule has 0 aliphatic carbocycles. The van der Waals surface area contributed by atoms with Crippen molar-refractivity contribution in [1.82, 2.24) is 10.9 Å². The van der Waals surface area contributed by atoms with Crippen molar-refractivity contribution >= 4 is 23.2 Å². The number of aryl methyl sites for hydroxylation is 2. The molecule has 2 amide bonds. The van der Waals surface area contributed by atoms with Gasteiger partial charge >= 0.3 is 0 Å². The van der Waals surface area contributed by atoms with E-state index in [4.69, 9.17) is 9.47 Å². The van der Waals surface area contributed by atoms with Crippen molar-refractivity contribution in [2.75, 3.05) is 13.2 Å². The Bertz CT molecular complexity index is 795. The summed E-state index contributed by atoms with van der Waals surface area (Å²) in [6.07, 6.45) is 3.13. The number of benzene rings is 1. The fourth-order valence-electron chi connectivity index (χ4n) is 2.90. The van der Waals surface area contributed by atoms with Crippen LogP contribution in [0.15, 0.2) is 30.3 Å². The maximum Gasteiger partial charge on any atom is 0.279 e. The standard InChI is InChI=1S/C20H24N2O4S/c1-3-17-13(2)11-18(27-17)20(24)22-21-19(23)14-6-8-15(9-7-14)26-12-16-5-4-10-25-16/h6-9,11,16H,3-5,10,12H2,1-2H3,(H,21,23)(H,22,24). The van der Waals surface area contributed by atoms with E-state index in [1.165, 1.54) is 16.2 Å². The van der Waals surface area contributed by atoms with Gasteiger partial charge in [0.1, 0.15) is 12.4 Å². The number of hydrogen-bond donors (Lipinski definition) is 2. The molecular formula is C20H24N2O4S. The third kappa shape index (κ3) is 5.08. The van der Waals surface area contributed by atoms with Gasteiger partial charge in [0.15, 0.2) is 0 Å². The van der Waals surface area contributed by atoms with Crippen molar-refractivity contribution in [1.29, 1.82) is 0 Å². The molecule has 7 heteroatoms. The average Bonchev–Trinajstić information content (AvgIpc) is 3.34. The molecule has 144 valence electrons. The van der Waals surface area contributed by atoms with Crippen LogP contribution in [0, 0.1) is 6.92 Å². The summed E-state index contributed by atoms with van der Waals surface area (Å²) >= 11 is 1.44. The Balaban J connectivity index is 1.49. The van der Waals surface area contributed by atoms with E-state index in [0.717, 1.165) is 31.4 Å². The number of rotatable bonds is 6. The second-order valence-corrected chi connectivity index (χ2v) is 7.59. The molecule has 1 unspecified atom stereocenters. The lowest BCUT2D eigenvalue weighted by Gasteiger charge is -2.12. The predicted molar refractivity (Wildman–Crippen MR) is 104 cm³/mol. The summed E-state index contributed by atoms with van der Waals surface area (Å²) in [7, 11) is 0. The van der Waals surface area contributed by atoms with Gasteiger partial charge in [0, 0.05) is 17.0 Å². The molecule has 0 radical (unpaired) electrons.